The van der Waals surface area contributed by atoms with Crippen molar-refractivity contribution < 1.29 is 32.3 Å². The standard InChI is InChI=1S/C20H22F3N3O4/c21-20(22,23)13-7-5-12(6-8-13)17(28)25-10-9-24-16(27)11-26-18(29)14-3-1-2-4-15(14)19(26)30/h5-8,14-15H,1-4,9-11H2,(H,24,27)(H,25,28)/t14-,15-/m0/s1. The van der Waals surface area contributed by atoms with Crippen molar-refractivity contribution >= 4 is 23.6 Å². The molecule has 162 valence electrons. The molecule has 1 saturated carbocycles. The fourth-order valence-corrected chi connectivity index (χ4v) is 3.88. The molecule has 0 aromatic heterocycles. The van der Waals surface area contributed by atoms with E-state index in [1.54, 1.807) is 0 Å². The van der Waals surface area contributed by atoms with E-state index in [2.05, 4.69) is 10.6 Å². The number of alkyl halides is 3. The zero-order chi connectivity index (χ0) is 21.9. The summed E-state index contributed by atoms with van der Waals surface area (Å²) >= 11 is 0. The van der Waals surface area contributed by atoms with Crippen molar-refractivity contribution in [2.45, 2.75) is 31.9 Å². The molecule has 2 fully saturated rings. The number of carbonyl (C=O) groups excluding carboxylic acids is 4. The van der Waals surface area contributed by atoms with E-state index in [1.807, 2.05) is 0 Å². The maximum atomic E-state index is 12.5. The molecule has 1 heterocycles. The molecule has 0 radical (unpaired) electrons. The van der Waals surface area contributed by atoms with Crippen LogP contribution >= 0.6 is 0 Å². The number of carbonyl (C=O) groups is 4. The Bertz CT molecular complexity index is 815. The first-order chi connectivity index (χ1) is 14.2. The van der Waals surface area contributed by atoms with E-state index < -0.39 is 23.6 Å². The van der Waals surface area contributed by atoms with Gasteiger partial charge in [0.25, 0.3) is 5.91 Å². The molecule has 1 aliphatic carbocycles. The Hall–Kier alpha value is -2.91. The van der Waals surface area contributed by atoms with Gasteiger partial charge in [-0.3, -0.25) is 24.1 Å². The minimum absolute atomic E-state index is 0.0404. The third-order valence-corrected chi connectivity index (χ3v) is 5.44. The highest BCUT2D eigenvalue weighted by Gasteiger charge is 2.48. The van der Waals surface area contributed by atoms with Gasteiger partial charge in [0, 0.05) is 18.7 Å². The molecule has 10 heteroatoms. The predicted molar refractivity (Wildman–Crippen MR) is 99.0 cm³/mol. The number of hydrogen-bond acceptors (Lipinski definition) is 4. The van der Waals surface area contributed by atoms with Crippen LogP contribution in [-0.2, 0) is 20.6 Å². The Morgan fingerprint density at radius 1 is 0.933 bits per heavy atom. The summed E-state index contributed by atoms with van der Waals surface area (Å²) in [6.07, 6.45) is -1.33. The van der Waals surface area contributed by atoms with Gasteiger partial charge in [-0.2, -0.15) is 13.2 Å². The lowest BCUT2D eigenvalue weighted by Crippen LogP contribution is -2.43. The first-order valence-corrected chi connectivity index (χ1v) is 9.76. The lowest BCUT2D eigenvalue weighted by Gasteiger charge is -2.19. The van der Waals surface area contributed by atoms with E-state index in [9.17, 15) is 32.3 Å². The first-order valence-electron chi connectivity index (χ1n) is 9.76. The molecule has 3 rings (SSSR count). The van der Waals surface area contributed by atoms with Gasteiger partial charge in [-0.25, -0.2) is 0 Å². The number of rotatable bonds is 6. The number of halogens is 3. The number of benzene rings is 1. The van der Waals surface area contributed by atoms with Crippen LogP contribution < -0.4 is 10.6 Å². The van der Waals surface area contributed by atoms with E-state index in [0.29, 0.717) is 12.8 Å². The molecule has 1 aliphatic heterocycles. The highest BCUT2D eigenvalue weighted by molar-refractivity contribution is 6.07. The Balaban J connectivity index is 1.41. The molecular formula is C20H22F3N3O4. The first kappa shape index (κ1) is 21.8. The highest BCUT2D eigenvalue weighted by Crippen LogP contribution is 2.37. The van der Waals surface area contributed by atoms with Crippen LogP contribution in [0.4, 0.5) is 13.2 Å². The third kappa shape index (κ3) is 4.80. The second-order valence-electron chi connectivity index (χ2n) is 7.44. The van der Waals surface area contributed by atoms with E-state index in [-0.39, 0.29) is 48.8 Å². The summed E-state index contributed by atoms with van der Waals surface area (Å²) in [5.74, 6) is -2.32. The van der Waals surface area contributed by atoms with E-state index >= 15 is 0 Å². The minimum Gasteiger partial charge on any atom is -0.353 e. The van der Waals surface area contributed by atoms with Gasteiger partial charge in [0.2, 0.25) is 17.7 Å². The molecule has 4 amide bonds. The SMILES string of the molecule is O=C(CN1C(=O)[C@H]2CCCC[C@@H]2C1=O)NCCNC(=O)c1ccc(C(F)(F)F)cc1. The van der Waals surface area contributed by atoms with Crippen LogP contribution in [0, 0.1) is 11.8 Å². The predicted octanol–water partition coefficient (Wildman–Crippen LogP) is 1.73. The summed E-state index contributed by atoms with van der Waals surface area (Å²) < 4.78 is 37.6. The second-order valence-corrected chi connectivity index (χ2v) is 7.44. The average molecular weight is 425 g/mol. The summed E-state index contributed by atoms with van der Waals surface area (Å²) in [4.78, 5) is 49.7. The van der Waals surface area contributed by atoms with Gasteiger partial charge in [-0.1, -0.05) is 12.8 Å². The van der Waals surface area contributed by atoms with E-state index in [0.717, 1.165) is 42.0 Å². The Labute approximate surface area is 171 Å². The number of likely N-dealkylation sites (tertiary alicyclic amines) is 1. The van der Waals surface area contributed by atoms with Crippen molar-refractivity contribution in [3.63, 3.8) is 0 Å². The van der Waals surface area contributed by atoms with Crippen LogP contribution in [0.15, 0.2) is 24.3 Å². The lowest BCUT2D eigenvalue weighted by atomic mass is 9.81. The number of hydrogen-bond donors (Lipinski definition) is 2. The fraction of sp³-hybridized carbons (Fsp3) is 0.500. The van der Waals surface area contributed by atoms with Gasteiger partial charge in [0.15, 0.2) is 0 Å². The number of amides is 4. The van der Waals surface area contributed by atoms with Crippen LogP contribution in [0.1, 0.15) is 41.6 Å². The molecule has 2 N–H and O–H groups in total. The fourth-order valence-electron chi connectivity index (χ4n) is 3.88. The minimum atomic E-state index is -4.48. The zero-order valence-corrected chi connectivity index (χ0v) is 16.1. The summed E-state index contributed by atoms with van der Waals surface area (Å²) in [6.45, 7) is -0.259. The molecule has 7 nitrogen and oxygen atoms in total. The van der Waals surface area contributed by atoms with Crippen molar-refractivity contribution in [3.8, 4) is 0 Å². The molecule has 0 bridgehead atoms. The molecule has 1 aromatic carbocycles. The lowest BCUT2D eigenvalue weighted by molar-refractivity contribution is -0.143. The summed E-state index contributed by atoms with van der Waals surface area (Å²) in [7, 11) is 0. The number of imide groups is 1. The van der Waals surface area contributed by atoms with Crippen molar-refractivity contribution in [2.24, 2.45) is 11.8 Å². The molecule has 30 heavy (non-hydrogen) atoms. The van der Waals surface area contributed by atoms with Gasteiger partial charge in [0.1, 0.15) is 6.54 Å². The molecule has 1 aromatic rings. The smallest absolute Gasteiger partial charge is 0.353 e. The molecule has 0 spiro atoms. The van der Waals surface area contributed by atoms with Crippen molar-refractivity contribution in [1.29, 1.82) is 0 Å². The Kier molecular flexibility index (Phi) is 6.42. The molecule has 2 atom stereocenters. The van der Waals surface area contributed by atoms with Crippen molar-refractivity contribution in [1.82, 2.24) is 15.5 Å². The van der Waals surface area contributed by atoms with Crippen LogP contribution in [0.2, 0.25) is 0 Å². The van der Waals surface area contributed by atoms with Gasteiger partial charge < -0.3 is 10.6 Å². The van der Waals surface area contributed by atoms with Gasteiger partial charge in [0.05, 0.1) is 17.4 Å². The maximum Gasteiger partial charge on any atom is 0.416 e. The largest absolute Gasteiger partial charge is 0.416 e. The van der Waals surface area contributed by atoms with Gasteiger partial charge in [-0.05, 0) is 37.1 Å². The topological polar surface area (TPSA) is 95.6 Å². The monoisotopic (exact) mass is 425 g/mol. The molecule has 0 unspecified atom stereocenters. The maximum absolute atomic E-state index is 12.5. The number of fused-ring (bicyclic) bond motifs is 1. The third-order valence-electron chi connectivity index (χ3n) is 5.44. The van der Waals surface area contributed by atoms with Crippen molar-refractivity contribution in [3.05, 3.63) is 35.4 Å². The average Bonchev–Trinajstić information content (AvgIpc) is 2.95. The van der Waals surface area contributed by atoms with Crippen LogP contribution in [0.25, 0.3) is 0 Å². The second kappa shape index (κ2) is 8.85. The van der Waals surface area contributed by atoms with Gasteiger partial charge in [-0.15, -0.1) is 0 Å². The molecular weight excluding hydrogens is 403 g/mol. The zero-order valence-electron chi connectivity index (χ0n) is 16.1. The quantitative estimate of drug-likeness (QED) is 0.536. The normalized spacial score (nSPS) is 21.4. The van der Waals surface area contributed by atoms with E-state index in [4.69, 9.17) is 0 Å². The summed E-state index contributed by atoms with van der Waals surface area (Å²) in [5.41, 5.74) is -0.789. The number of nitrogens with one attached hydrogen (secondary N) is 2. The molecule has 2 aliphatic rings. The van der Waals surface area contributed by atoms with Crippen LogP contribution in [0.5, 0.6) is 0 Å². The Morgan fingerprint density at radius 2 is 1.47 bits per heavy atom. The van der Waals surface area contributed by atoms with E-state index in [1.165, 1.54) is 0 Å². The van der Waals surface area contributed by atoms with Crippen LogP contribution in [0.3, 0.4) is 0 Å². The Morgan fingerprint density at radius 3 is 2.00 bits per heavy atom. The summed E-state index contributed by atoms with van der Waals surface area (Å²) in [6, 6.07) is 3.78. The summed E-state index contributed by atoms with van der Waals surface area (Å²) in [5, 5.41) is 5.00. The number of nitrogens with zero attached hydrogens (tertiary/aromatic N) is 1. The van der Waals surface area contributed by atoms with Gasteiger partial charge >= 0.3 is 6.18 Å². The molecule has 1 saturated heterocycles. The highest BCUT2D eigenvalue weighted by atomic mass is 19.4. The van der Waals surface area contributed by atoms with Crippen LogP contribution in [-0.4, -0.2) is 48.2 Å². The van der Waals surface area contributed by atoms with Crippen molar-refractivity contribution in [2.75, 3.05) is 19.6 Å².